The van der Waals surface area contributed by atoms with Crippen LogP contribution in [0.3, 0.4) is 0 Å². The van der Waals surface area contributed by atoms with E-state index in [2.05, 4.69) is 59.9 Å². The second-order valence-electron chi connectivity index (χ2n) is 7.81. The molecule has 5 rings (SSSR count). The van der Waals surface area contributed by atoms with Crippen LogP contribution in [0.2, 0.25) is 0 Å². The van der Waals surface area contributed by atoms with Gasteiger partial charge >= 0.3 is 0 Å². The molecule has 0 saturated carbocycles. The van der Waals surface area contributed by atoms with Gasteiger partial charge in [-0.05, 0) is 41.7 Å². The number of para-hydroxylation sites is 1. The number of thioether (sulfide) groups is 1. The van der Waals surface area contributed by atoms with Crippen molar-refractivity contribution in [3.63, 3.8) is 0 Å². The second-order valence-corrected chi connectivity index (χ2v) is 8.86. The Bertz CT molecular complexity index is 1110. The average molecular weight is 415 g/mol. The summed E-state index contributed by atoms with van der Waals surface area (Å²) in [5, 5.41) is 15.2. The lowest BCUT2D eigenvalue weighted by Crippen LogP contribution is -2.29. The Hall–Kier alpha value is -3.05. The number of nitrogens with zero attached hydrogens (tertiary/aromatic N) is 1. The number of hydrogen-bond acceptors (Lipinski definition) is 4. The number of nitro benzene ring substituents is 1. The maximum Gasteiger partial charge on any atom is 0.274 e. The monoisotopic (exact) mass is 414 g/mol. The quantitative estimate of drug-likeness (QED) is 0.218. The molecular weight excluding hydrogens is 392 g/mol. The third-order valence-corrected chi connectivity index (χ3v) is 7.13. The Kier molecular flexibility index (Phi) is 5.05. The van der Waals surface area contributed by atoms with Gasteiger partial charge in [0.15, 0.2) is 0 Å². The lowest BCUT2D eigenvalue weighted by molar-refractivity contribution is -0.385. The van der Waals surface area contributed by atoms with Crippen molar-refractivity contribution in [1.82, 2.24) is 0 Å². The second kappa shape index (κ2) is 8.00. The highest BCUT2D eigenvalue weighted by molar-refractivity contribution is 7.98. The standard InChI is InChI=1S/C25H22N2O2S/c28-27(29)24-12-5-4-9-21(24)25-20-11-6-10-19(20)22-15-17(13-14-23(22)26-25)16-30-18-7-2-1-3-8-18/h1-10,12-15,19-20,25-26H,11,16H2/t19-,20-,25+/m0/s1. The lowest BCUT2D eigenvalue weighted by atomic mass is 9.76. The first kappa shape index (κ1) is 18.9. The van der Waals surface area contributed by atoms with Crippen molar-refractivity contribution in [3.8, 4) is 0 Å². The third-order valence-electron chi connectivity index (χ3n) is 6.04. The molecular formula is C25H22N2O2S. The van der Waals surface area contributed by atoms with E-state index in [1.165, 1.54) is 16.0 Å². The molecule has 0 spiro atoms. The molecule has 0 aromatic heterocycles. The van der Waals surface area contributed by atoms with E-state index in [1.807, 2.05) is 30.0 Å². The molecule has 0 unspecified atom stereocenters. The fraction of sp³-hybridized carbons (Fsp3) is 0.200. The molecule has 0 saturated heterocycles. The SMILES string of the molecule is O=[N+]([O-])c1ccccc1[C@@H]1Nc2ccc(CSc3ccccc3)cc2[C@H]2C=CC[C@@H]21. The molecule has 1 N–H and O–H groups in total. The number of anilines is 1. The zero-order chi connectivity index (χ0) is 20.5. The number of allylic oxidation sites excluding steroid dienone is 2. The van der Waals surface area contributed by atoms with Crippen LogP contribution in [0.15, 0.2) is 89.8 Å². The number of nitro groups is 1. The Morgan fingerprint density at radius 3 is 2.63 bits per heavy atom. The highest BCUT2D eigenvalue weighted by atomic mass is 32.2. The van der Waals surface area contributed by atoms with Gasteiger partial charge < -0.3 is 5.32 Å². The maximum absolute atomic E-state index is 11.6. The minimum atomic E-state index is -0.270. The highest BCUT2D eigenvalue weighted by Crippen LogP contribution is 2.51. The van der Waals surface area contributed by atoms with Crippen LogP contribution in [-0.2, 0) is 5.75 Å². The lowest BCUT2D eigenvalue weighted by Gasteiger charge is -2.37. The van der Waals surface area contributed by atoms with Gasteiger partial charge in [0.2, 0.25) is 0 Å². The number of hydrogen-bond donors (Lipinski definition) is 1. The van der Waals surface area contributed by atoms with E-state index in [1.54, 1.807) is 12.1 Å². The van der Waals surface area contributed by atoms with Crippen molar-refractivity contribution in [1.29, 1.82) is 0 Å². The molecule has 3 aromatic rings. The molecule has 30 heavy (non-hydrogen) atoms. The Labute approximate surface area is 180 Å². The van der Waals surface area contributed by atoms with Crippen LogP contribution in [0.5, 0.6) is 0 Å². The van der Waals surface area contributed by atoms with Crippen LogP contribution < -0.4 is 5.32 Å². The Morgan fingerprint density at radius 1 is 1.00 bits per heavy atom. The van der Waals surface area contributed by atoms with E-state index >= 15 is 0 Å². The zero-order valence-electron chi connectivity index (χ0n) is 16.4. The van der Waals surface area contributed by atoms with Gasteiger partial charge in [0.25, 0.3) is 5.69 Å². The first-order valence-electron chi connectivity index (χ1n) is 10.2. The predicted molar refractivity (Wildman–Crippen MR) is 122 cm³/mol. The first-order valence-corrected chi connectivity index (χ1v) is 11.2. The summed E-state index contributed by atoms with van der Waals surface area (Å²) in [6.45, 7) is 0. The molecule has 3 atom stereocenters. The van der Waals surface area contributed by atoms with Gasteiger partial charge in [0, 0.05) is 28.3 Å². The van der Waals surface area contributed by atoms with Crippen LogP contribution in [0.1, 0.15) is 35.1 Å². The van der Waals surface area contributed by atoms with Crippen LogP contribution in [0.25, 0.3) is 0 Å². The summed E-state index contributed by atoms with van der Waals surface area (Å²) < 4.78 is 0. The minimum Gasteiger partial charge on any atom is -0.377 e. The maximum atomic E-state index is 11.6. The van der Waals surface area contributed by atoms with Gasteiger partial charge in [-0.25, -0.2) is 0 Å². The Morgan fingerprint density at radius 2 is 1.80 bits per heavy atom. The molecule has 1 aliphatic carbocycles. The van der Waals surface area contributed by atoms with E-state index in [0.717, 1.165) is 23.4 Å². The van der Waals surface area contributed by atoms with Crippen LogP contribution in [-0.4, -0.2) is 4.92 Å². The van der Waals surface area contributed by atoms with E-state index in [-0.39, 0.29) is 28.5 Å². The van der Waals surface area contributed by atoms with Crippen molar-refractivity contribution in [2.75, 3.05) is 5.32 Å². The molecule has 2 aliphatic rings. The molecule has 1 heterocycles. The van der Waals surface area contributed by atoms with Crippen LogP contribution in [0, 0.1) is 16.0 Å². The number of fused-ring (bicyclic) bond motifs is 3. The summed E-state index contributed by atoms with van der Waals surface area (Å²) in [6, 6.07) is 24.1. The fourth-order valence-electron chi connectivity index (χ4n) is 4.64. The number of benzene rings is 3. The predicted octanol–water partition coefficient (Wildman–Crippen LogP) is 6.71. The summed E-state index contributed by atoms with van der Waals surface area (Å²) in [6.07, 6.45) is 5.43. The molecule has 0 amide bonds. The molecule has 0 radical (unpaired) electrons. The number of rotatable bonds is 5. The molecule has 150 valence electrons. The van der Waals surface area contributed by atoms with Gasteiger partial charge in [-0.2, -0.15) is 0 Å². The smallest absolute Gasteiger partial charge is 0.274 e. The normalized spacial score (nSPS) is 21.5. The minimum absolute atomic E-state index is 0.0661. The largest absolute Gasteiger partial charge is 0.377 e. The van der Waals surface area contributed by atoms with Gasteiger partial charge in [0.05, 0.1) is 16.5 Å². The van der Waals surface area contributed by atoms with Crippen molar-refractivity contribution in [2.24, 2.45) is 5.92 Å². The van der Waals surface area contributed by atoms with Crippen molar-refractivity contribution < 1.29 is 4.92 Å². The van der Waals surface area contributed by atoms with E-state index in [9.17, 15) is 10.1 Å². The van der Waals surface area contributed by atoms with Crippen molar-refractivity contribution >= 4 is 23.1 Å². The topological polar surface area (TPSA) is 55.2 Å². The van der Waals surface area contributed by atoms with Gasteiger partial charge in [-0.15, -0.1) is 11.8 Å². The summed E-state index contributed by atoms with van der Waals surface area (Å²) in [4.78, 5) is 12.6. The van der Waals surface area contributed by atoms with E-state index < -0.39 is 0 Å². The summed E-state index contributed by atoms with van der Waals surface area (Å²) >= 11 is 1.84. The number of nitrogens with one attached hydrogen (secondary N) is 1. The zero-order valence-corrected chi connectivity index (χ0v) is 17.2. The molecule has 1 aliphatic heterocycles. The van der Waals surface area contributed by atoms with Crippen LogP contribution >= 0.6 is 11.8 Å². The third kappa shape index (κ3) is 3.50. The van der Waals surface area contributed by atoms with Gasteiger partial charge in [-0.1, -0.05) is 60.7 Å². The van der Waals surface area contributed by atoms with Crippen molar-refractivity contribution in [3.05, 3.63) is 112 Å². The molecule has 3 aromatic carbocycles. The fourth-order valence-corrected chi connectivity index (χ4v) is 5.50. The molecule has 0 fully saturated rings. The summed E-state index contributed by atoms with van der Waals surface area (Å²) in [7, 11) is 0. The van der Waals surface area contributed by atoms with Crippen LogP contribution in [0.4, 0.5) is 11.4 Å². The molecule has 5 heteroatoms. The summed E-state index contributed by atoms with van der Waals surface area (Å²) in [5.74, 6) is 1.50. The van der Waals surface area contributed by atoms with Gasteiger partial charge in [-0.3, -0.25) is 10.1 Å². The first-order chi connectivity index (χ1) is 14.7. The summed E-state index contributed by atoms with van der Waals surface area (Å²) in [5.41, 5.74) is 4.65. The molecule has 0 bridgehead atoms. The Balaban J connectivity index is 1.45. The van der Waals surface area contributed by atoms with E-state index in [0.29, 0.717) is 0 Å². The average Bonchev–Trinajstić information content (AvgIpc) is 3.28. The van der Waals surface area contributed by atoms with E-state index in [4.69, 9.17) is 0 Å². The highest BCUT2D eigenvalue weighted by Gasteiger charge is 2.40. The molecule has 4 nitrogen and oxygen atoms in total. The van der Waals surface area contributed by atoms with Gasteiger partial charge in [0.1, 0.15) is 0 Å². The van der Waals surface area contributed by atoms with Crippen molar-refractivity contribution in [2.45, 2.75) is 29.0 Å².